The van der Waals surface area contributed by atoms with Gasteiger partial charge >= 0.3 is 5.97 Å². The Hall–Kier alpha value is -2.45. The van der Waals surface area contributed by atoms with E-state index in [0.29, 0.717) is 31.1 Å². The number of likely N-dealkylation sites (tertiary alicyclic amines) is 1. The first kappa shape index (κ1) is 21.3. The molecule has 0 aliphatic carbocycles. The number of carbonyl (C=O) groups excluding carboxylic acids is 1. The van der Waals surface area contributed by atoms with Gasteiger partial charge in [0.25, 0.3) is 0 Å². The first-order valence-electron chi connectivity index (χ1n) is 9.90. The van der Waals surface area contributed by atoms with Gasteiger partial charge in [0, 0.05) is 13.1 Å². The Morgan fingerprint density at radius 1 is 1.41 bits per heavy atom. The molecule has 2 aromatic rings. The number of aromatic nitrogens is 3. The number of hydrogen-bond donors (Lipinski definition) is 0. The standard InChI is InChI=1S/C21H28N4O3S/c1-4-12-24-19(17-10-6-7-11-18(17)27-3)22-25(21(24)29)15-23-13-8-9-16(14-23)20(26)28-5-2/h4,6-7,10-11,16H,1,5,8-9,12-15H2,2-3H3/t16-/m1/s1. The first-order valence-corrected chi connectivity index (χ1v) is 10.3. The number of para-hydroxylation sites is 1. The summed E-state index contributed by atoms with van der Waals surface area (Å²) in [6.07, 6.45) is 3.61. The molecule has 0 amide bonds. The van der Waals surface area contributed by atoms with Crippen molar-refractivity contribution in [1.29, 1.82) is 0 Å². The van der Waals surface area contributed by atoms with Crippen LogP contribution in [0.2, 0.25) is 0 Å². The van der Waals surface area contributed by atoms with Crippen molar-refractivity contribution in [3.05, 3.63) is 41.7 Å². The summed E-state index contributed by atoms with van der Waals surface area (Å²) in [4.78, 5) is 14.3. The van der Waals surface area contributed by atoms with Crippen LogP contribution in [0.4, 0.5) is 0 Å². The van der Waals surface area contributed by atoms with Crippen molar-refractivity contribution in [3.63, 3.8) is 0 Å². The minimum atomic E-state index is -0.118. The van der Waals surface area contributed by atoms with Crippen molar-refractivity contribution in [3.8, 4) is 17.1 Å². The minimum absolute atomic E-state index is 0.0955. The van der Waals surface area contributed by atoms with Gasteiger partial charge in [0.15, 0.2) is 10.6 Å². The molecule has 8 heteroatoms. The van der Waals surface area contributed by atoms with E-state index in [1.54, 1.807) is 13.2 Å². The molecule has 1 atom stereocenters. The molecule has 29 heavy (non-hydrogen) atoms. The SMILES string of the molecule is C=CCn1c(-c2ccccc2OC)nn(CN2CCC[C@@H](C(=O)OCC)C2)c1=S. The van der Waals surface area contributed by atoms with Crippen LogP contribution in [0, 0.1) is 10.7 Å². The van der Waals surface area contributed by atoms with Crippen LogP contribution in [-0.2, 0) is 22.7 Å². The molecular weight excluding hydrogens is 388 g/mol. The Labute approximate surface area is 176 Å². The van der Waals surface area contributed by atoms with Crippen molar-refractivity contribution in [1.82, 2.24) is 19.2 Å². The summed E-state index contributed by atoms with van der Waals surface area (Å²) in [5, 5.41) is 4.80. The van der Waals surface area contributed by atoms with E-state index in [4.69, 9.17) is 26.8 Å². The number of esters is 1. The lowest BCUT2D eigenvalue weighted by atomic mass is 9.99. The molecule has 1 aliphatic rings. The van der Waals surface area contributed by atoms with Gasteiger partial charge in [0.1, 0.15) is 5.75 Å². The number of nitrogens with zero attached hydrogens (tertiary/aromatic N) is 4. The third kappa shape index (κ3) is 4.76. The van der Waals surface area contributed by atoms with E-state index in [1.807, 2.05) is 40.4 Å². The molecule has 7 nitrogen and oxygen atoms in total. The van der Waals surface area contributed by atoms with Crippen molar-refractivity contribution in [2.75, 3.05) is 26.8 Å². The van der Waals surface area contributed by atoms with Gasteiger partial charge in [-0.2, -0.15) is 5.10 Å². The lowest BCUT2D eigenvalue weighted by molar-refractivity contribution is -0.150. The van der Waals surface area contributed by atoms with Gasteiger partial charge in [-0.3, -0.25) is 14.3 Å². The van der Waals surface area contributed by atoms with E-state index < -0.39 is 0 Å². The Kier molecular flexibility index (Phi) is 7.22. The third-order valence-corrected chi connectivity index (χ3v) is 5.47. The topological polar surface area (TPSA) is 61.5 Å². The van der Waals surface area contributed by atoms with Crippen molar-refractivity contribution in [2.24, 2.45) is 5.92 Å². The largest absolute Gasteiger partial charge is 0.496 e. The average Bonchev–Trinajstić information content (AvgIpc) is 3.04. The summed E-state index contributed by atoms with van der Waals surface area (Å²) in [6.45, 7) is 8.73. The highest BCUT2D eigenvalue weighted by Crippen LogP contribution is 2.29. The van der Waals surface area contributed by atoms with Gasteiger partial charge in [-0.25, -0.2) is 4.68 Å². The number of ether oxygens (including phenoxy) is 2. The van der Waals surface area contributed by atoms with Crippen molar-refractivity contribution in [2.45, 2.75) is 33.0 Å². The summed E-state index contributed by atoms with van der Waals surface area (Å²) in [5.74, 6) is 1.27. The van der Waals surface area contributed by atoms with E-state index >= 15 is 0 Å². The second kappa shape index (κ2) is 9.84. The number of rotatable bonds is 8. The van der Waals surface area contributed by atoms with Gasteiger partial charge in [-0.15, -0.1) is 6.58 Å². The zero-order valence-electron chi connectivity index (χ0n) is 17.0. The molecule has 0 N–H and O–H groups in total. The smallest absolute Gasteiger partial charge is 0.310 e. The predicted molar refractivity (Wildman–Crippen MR) is 114 cm³/mol. The average molecular weight is 417 g/mol. The second-order valence-electron chi connectivity index (χ2n) is 7.01. The van der Waals surface area contributed by atoms with E-state index in [2.05, 4.69) is 11.5 Å². The molecule has 1 aromatic heterocycles. The normalized spacial score (nSPS) is 17.1. The molecule has 0 bridgehead atoms. The van der Waals surface area contributed by atoms with Crippen molar-refractivity contribution < 1.29 is 14.3 Å². The molecule has 0 unspecified atom stereocenters. The van der Waals surface area contributed by atoms with Crippen LogP contribution >= 0.6 is 12.2 Å². The van der Waals surface area contributed by atoms with E-state index in [-0.39, 0.29) is 11.9 Å². The Balaban J connectivity index is 1.88. The highest BCUT2D eigenvalue weighted by atomic mass is 32.1. The van der Waals surface area contributed by atoms with Crippen LogP contribution in [0.3, 0.4) is 0 Å². The molecule has 0 spiro atoms. The van der Waals surface area contributed by atoms with Gasteiger partial charge < -0.3 is 9.47 Å². The number of hydrogen-bond acceptors (Lipinski definition) is 6. The maximum Gasteiger partial charge on any atom is 0.310 e. The van der Waals surface area contributed by atoms with E-state index in [0.717, 1.165) is 36.5 Å². The maximum atomic E-state index is 12.1. The summed E-state index contributed by atoms with van der Waals surface area (Å²) >= 11 is 5.71. The summed E-state index contributed by atoms with van der Waals surface area (Å²) < 4.78 is 15.1. The lowest BCUT2D eigenvalue weighted by Gasteiger charge is -2.31. The third-order valence-electron chi connectivity index (χ3n) is 5.04. The Morgan fingerprint density at radius 2 is 2.21 bits per heavy atom. The van der Waals surface area contributed by atoms with E-state index in [1.165, 1.54) is 0 Å². The van der Waals surface area contributed by atoms with Gasteiger partial charge in [-0.05, 0) is 50.7 Å². The second-order valence-corrected chi connectivity index (χ2v) is 7.38. The first-order chi connectivity index (χ1) is 14.1. The monoisotopic (exact) mass is 416 g/mol. The van der Waals surface area contributed by atoms with Crippen LogP contribution < -0.4 is 4.74 Å². The van der Waals surface area contributed by atoms with Crippen LogP contribution in [0.1, 0.15) is 19.8 Å². The zero-order valence-corrected chi connectivity index (χ0v) is 17.9. The lowest BCUT2D eigenvalue weighted by Crippen LogP contribution is -2.40. The van der Waals surface area contributed by atoms with Crippen molar-refractivity contribution >= 4 is 18.2 Å². The number of piperidine rings is 1. The van der Waals surface area contributed by atoms with Gasteiger partial charge in [-0.1, -0.05) is 18.2 Å². The fourth-order valence-electron chi connectivity index (χ4n) is 3.68. The van der Waals surface area contributed by atoms with Crippen LogP contribution in [0.5, 0.6) is 5.75 Å². The number of methoxy groups -OCH3 is 1. The van der Waals surface area contributed by atoms with Crippen LogP contribution in [0.25, 0.3) is 11.4 Å². The highest BCUT2D eigenvalue weighted by Gasteiger charge is 2.27. The molecule has 0 radical (unpaired) electrons. The molecule has 3 rings (SSSR count). The fraction of sp³-hybridized carbons (Fsp3) is 0.476. The molecule has 1 aliphatic heterocycles. The molecular formula is C21H28N4O3S. The molecule has 1 aromatic carbocycles. The summed E-state index contributed by atoms with van der Waals surface area (Å²) in [7, 11) is 1.64. The Bertz CT molecular complexity index is 921. The van der Waals surface area contributed by atoms with Gasteiger partial charge in [0.05, 0.1) is 31.9 Å². The Morgan fingerprint density at radius 3 is 2.93 bits per heavy atom. The highest BCUT2D eigenvalue weighted by molar-refractivity contribution is 7.71. The number of allylic oxidation sites excluding steroid dienone is 1. The van der Waals surface area contributed by atoms with Gasteiger partial charge in [0.2, 0.25) is 0 Å². The number of benzene rings is 1. The predicted octanol–water partition coefficient (Wildman–Crippen LogP) is 3.51. The molecule has 2 heterocycles. The summed E-state index contributed by atoms with van der Waals surface area (Å²) in [6, 6.07) is 7.75. The fourth-order valence-corrected chi connectivity index (χ4v) is 3.94. The zero-order chi connectivity index (χ0) is 20.8. The summed E-state index contributed by atoms with van der Waals surface area (Å²) in [5.41, 5.74) is 0.879. The minimum Gasteiger partial charge on any atom is -0.496 e. The number of carbonyl (C=O) groups is 1. The maximum absolute atomic E-state index is 12.1. The molecule has 156 valence electrons. The van der Waals surface area contributed by atoms with Crippen LogP contribution in [-0.4, -0.2) is 52.0 Å². The van der Waals surface area contributed by atoms with Crippen LogP contribution in [0.15, 0.2) is 36.9 Å². The quantitative estimate of drug-likeness (QED) is 0.373. The molecule has 1 fully saturated rings. The molecule has 1 saturated heterocycles. The van der Waals surface area contributed by atoms with E-state index in [9.17, 15) is 4.79 Å². The molecule has 0 saturated carbocycles.